The molecule has 0 saturated carbocycles. The van der Waals surface area contributed by atoms with Crippen molar-refractivity contribution >= 4 is 11.6 Å². The largest absolute Gasteiger partial charge is 0.346 e. The summed E-state index contributed by atoms with van der Waals surface area (Å²) in [4.78, 5) is 33.0. The zero-order chi connectivity index (χ0) is 16.5. The van der Waals surface area contributed by atoms with Crippen LogP contribution >= 0.6 is 0 Å². The maximum Gasteiger partial charge on any atom is 0.346 e. The average molecular weight is 317 g/mol. The zero-order valence-corrected chi connectivity index (χ0v) is 12.9. The van der Waals surface area contributed by atoms with E-state index in [4.69, 9.17) is 0 Å². The molecule has 1 aromatic heterocycles. The Hall–Kier alpha value is -3.21. The summed E-state index contributed by atoms with van der Waals surface area (Å²) in [7, 11) is 0. The number of anilines is 1. The van der Waals surface area contributed by atoms with Crippen LogP contribution < -0.4 is 10.6 Å². The van der Waals surface area contributed by atoms with Gasteiger partial charge in [-0.25, -0.2) is 4.79 Å². The van der Waals surface area contributed by atoms with Gasteiger partial charge in [0, 0.05) is 17.8 Å². The molecular formula is C19H15N3O2. The molecule has 5 heteroatoms. The number of aromatic amines is 1. The monoisotopic (exact) mass is 317 g/mol. The van der Waals surface area contributed by atoms with E-state index in [0.29, 0.717) is 12.2 Å². The molecule has 0 bridgehead atoms. The summed E-state index contributed by atoms with van der Waals surface area (Å²) in [6.45, 7) is 0.614. The van der Waals surface area contributed by atoms with Crippen molar-refractivity contribution in [3.8, 4) is 11.3 Å². The Morgan fingerprint density at radius 2 is 1.79 bits per heavy atom. The summed E-state index contributed by atoms with van der Waals surface area (Å²) in [6.07, 6.45) is 0.822. The summed E-state index contributed by atoms with van der Waals surface area (Å²) in [5, 5.41) is 0. The van der Waals surface area contributed by atoms with E-state index in [-0.39, 0.29) is 11.6 Å². The number of H-pyrrole nitrogens is 1. The lowest BCUT2D eigenvalue weighted by molar-refractivity contribution is 0.0984. The second-order valence-electron chi connectivity index (χ2n) is 5.69. The van der Waals surface area contributed by atoms with E-state index in [9.17, 15) is 9.59 Å². The highest BCUT2D eigenvalue weighted by Gasteiger charge is 2.26. The Morgan fingerprint density at radius 1 is 1.04 bits per heavy atom. The normalized spacial score (nSPS) is 12.9. The van der Waals surface area contributed by atoms with E-state index in [1.165, 1.54) is 0 Å². The fourth-order valence-electron chi connectivity index (χ4n) is 3.02. The maximum absolute atomic E-state index is 12.9. The molecule has 0 spiro atoms. The summed E-state index contributed by atoms with van der Waals surface area (Å²) >= 11 is 0. The van der Waals surface area contributed by atoms with Gasteiger partial charge in [0.15, 0.2) is 0 Å². The molecule has 4 rings (SSSR count). The molecule has 0 radical (unpaired) electrons. The third kappa shape index (κ3) is 2.50. The lowest BCUT2D eigenvalue weighted by Crippen LogP contribution is -2.31. The smallest absolute Gasteiger partial charge is 0.306 e. The van der Waals surface area contributed by atoms with Crippen molar-refractivity contribution in [1.82, 2.24) is 9.97 Å². The van der Waals surface area contributed by atoms with E-state index in [1.807, 2.05) is 54.6 Å². The minimum Gasteiger partial charge on any atom is -0.306 e. The van der Waals surface area contributed by atoms with Crippen LogP contribution in [-0.4, -0.2) is 22.4 Å². The van der Waals surface area contributed by atoms with Crippen LogP contribution in [0.15, 0.2) is 65.5 Å². The summed E-state index contributed by atoms with van der Waals surface area (Å²) in [6, 6.07) is 18.8. The predicted octanol–water partition coefficient (Wildman–Crippen LogP) is 2.64. The van der Waals surface area contributed by atoms with Crippen LogP contribution in [0.25, 0.3) is 11.3 Å². The van der Waals surface area contributed by atoms with Crippen molar-refractivity contribution in [3.05, 3.63) is 82.4 Å². The predicted molar refractivity (Wildman–Crippen MR) is 92.1 cm³/mol. The molecule has 0 aliphatic carbocycles. The fourth-order valence-corrected chi connectivity index (χ4v) is 3.02. The van der Waals surface area contributed by atoms with Crippen molar-refractivity contribution in [2.24, 2.45) is 0 Å². The van der Waals surface area contributed by atoms with Crippen LogP contribution in [0.1, 0.15) is 16.1 Å². The Morgan fingerprint density at radius 3 is 2.62 bits per heavy atom. The van der Waals surface area contributed by atoms with Crippen molar-refractivity contribution in [2.45, 2.75) is 6.42 Å². The number of hydrogen-bond acceptors (Lipinski definition) is 3. The number of amides is 1. The van der Waals surface area contributed by atoms with E-state index in [0.717, 1.165) is 23.2 Å². The Balaban J connectivity index is 1.74. The van der Waals surface area contributed by atoms with Gasteiger partial charge in [-0.3, -0.25) is 4.79 Å². The number of benzene rings is 2. The van der Waals surface area contributed by atoms with Gasteiger partial charge in [0.2, 0.25) is 0 Å². The molecule has 0 saturated heterocycles. The number of carbonyl (C=O) groups is 1. The number of rotatable bonds is 2. The molecule has 118 valence electrons. The van der Waals surface area contributed by atoms with Crippen molar-refractivity contribution in [2.75, 3.05) is 11.4 Å². The fraction of sp³-hybridized carbons (Fsp3) is 0.105. The van der Waals surface area contributed by atoms with Crippen LogP contribution in [0.2, 0.25) is 0 Å². The lowest BCUT2D eigenvalue weighted by atomic mass is 10.1. The second-order valence-corrected chi connectivity index (χ2v) is 5.69. The first-order valence-electron chi connectivity index (χ1n) is 7.79. The molecule has 1 aliphatic heterocycles. The summed E-state index contributed by atoms with van der Waals surface area (Å²) in [5.74, 6) is -0.211. The van der Waals surface area contributed by atoms with Crippen LogP contribution in [0.4, 0.5) is 5.69 Å². The number of carbonyl (C=O) groups excluding carboxylic acids is 1. The molecule has 2 aromatic carbocycles. The molecule has 2 heterocycles. The van der Waals surface area contributed by atoms with Crippen LogP contribution in [0, 0.1) is 0 Å². The number of nitrogens with zero attached hydrogens (tertiary/aromatic N) is 2. The molecule has 1 aliphatic rings. The standard InChI is InChI=1S/C19H15N3O2/c23-18(22-11-10-14-8-4-5-9-17(14)22)16-12-15(20-19(24)21-16)13-6-2-1-3-7-13/h1-9,12H,10-11H2,(H,20,21,24). The minimum atomic E-state index is -0.521. The molecule has 24 heavy (non-hydrogen) atoms. The quantitative estimate of drug-likeness (QED) is 0.790. The first-order chi connectivity index (χ1) is 11.7. The number of aromatic nitrogens is 2. The molecular weight excluding hydrogens is 302 g/mol. The Bertz CT molecular complexity index is 964. The topological polar surface area (TPSA) is 66.1 Å². The molecule has 5 nitrogen and oxygen atoms in total. The number of fused-ring (bicyclic) bond motifs is 1. The van der Waals surface area contributed by atoms with Crippen LogP contribution in [0.3, 0.4) is 0 Å². The highest BCUT2D eigenvalue weighted by molar-refractivity contribution is 6.06. The highest BCUT2D eigenvalue weighted by Crippen LogP contribution is 2.28. The third-order valence-electron chi connectivity index (χ3n) is 4.18. The molecule has 0 atom stereocenters. The van der Waals surface area contributed by atoms with Crippen molar-refractivity contribution in [3.63, 3.8) is 0 Å². The van der Waals surface area contributed by atoms with Crippen molar-refractivity contribution < 1.29 is 4.79 Å². The SMILES string of the molecule is O=C(c1cc(-c2ccccc2)nc(=O)[nH]1)N1CCc2ccccc21. The van der Waals surface area contributed by atoms with Gasteiger partial charge in [0.25, 0.3) is 5.91 Å². The second kappa shape index (κ2) is 5.77. The van der Waals surface area contributed by atoms with Crippen LogP contribution in [-0.2, 0) is 6.42 Å². The molecule has 3 aromatic rings. The minimum absolute atomic E-state index is 0.211. The van der Waals surface area contributed by atoms with Gasteiger partial charge in [0.05, 0.1) is 5.69 Å². The lowest BCUT2D eigenvalue weighted by Gasteiger charge is -2.17. The maximum atomic E-state index is 12.9. The Labute approximate surface area is 138 Å². The van der Waals surface area contributed by atoms with Crippen molar-refractivity contribution in [1.29, 1.82) is 0 Å². The average Bonchev–Trinajstić information content (AvgIpc) is 3.05. The van der Waals surface area contributed by atoms with Gasteiger partial charge < -0.3 is 9.88 Å². The van der Waals surface area contributed by atoms with E-state index >= 15 is 0 Å². The summed E-state index contributed by atoms with van der Waals surface area (Å²) in [5.41, 5.74) is 3.08. The third-order valence-corrected chi connectivity index (χ3v) is 4.18. The van der Waals surface area contributed by atoms with Gasteiger partial charge >= 0.3 is 5.69 Å². The van der Waals surface area contributed by atoms with E-state index < -0.39 is 5.69 Å². The molecule has 1 N–H and O–H groups in total. The highest BCUT2D eigenvalue weighted by atomic mass is 16.2. The molecule has 0 fully saturated rings. The zero-order valence-electron chi connectivity index (χ0n) is 12.9. The van der Waals surface area contributed by atoms with Gasteiger partial charge in [-0.05, 0) is 24.1 Å². The number of hydrogen-bond donors (Lipinski definition) is 1. The first kappa shape index (κ1) is 14.4. The number of para-hydroxylation sites is 1. The molecule has 1 amide bonds. The first-order valence-corrected chi connectivity index (χ1v) is 7.79. The van der Waals surface area contributed by atoms with Crippen LogP contribution in [0.5, 0.6) is 0 Å². The van der Waals surface area contributed by atoms with Gasteiger partial charge in [-0.2, -0.15) is 4.98 Å². The molecule has 0 unspecified atom stereocenters. The number of nitrogens with one attached hydrogen (secondary N) is 1. The van der Waals surface area contributed by atoms with E-state index in [1.54, 1.807) is 11.0 Å². The summed E-state index contributed by atoms with van der Waals surface area (Å²) < 4.78 is 0. The van der Waals surface area contributed by atoms with E-state index in [2.05, 4.69) is 9.97 Å². The Kier molecular flexibility index (Phi) is 3.46. The van der Waals surface area contributed by atoms with Gasteiger partial charge in [-0.1, -0.05) is 48.5 Å². The van der Waals surface area contributed by atoms with Gasteiger partial charge in [0.1, 0.15) is 5.69 Å². The van der Waals surface area contributed by atoms with Gasteiger partial charge in [-0.15, -0.1) is 0 Å².